The molecule has 1 aliphatic carbocycles. The Morgan fingerprint density at radius 3 is 2.20 bits per heavy atom. The lowest BCUT2D eigenvalue weighted by Gasteiger charge is -2.35. The smallest absolute Gasteiger partial charge is 0.00670 e. The molecule has 2 rings (SSSR count). The van der Waals surface area contributed by atoms with E-state index >= 15 is 0 Å². The molecular weight excluding hydrogens is 182 g/mol. The lowest BCUT2D eigenvalue weighted by Crippen LogP contribution is -2.40. The lowest BCUT2D eigenvalue weighted by molar-refractivity contribution is 0.131. The van der Waals surface area contributed by atoms with Crippen molar-refractivity contribution in [2.45, 2.75) is 70.8 Å². The van der Waals surface area contributed by atoms with Crippen molar-refractivity contribution in [1.29, 1.82) is 0 Å². The van der Waals surface area contributed by atoms with Crippen LogP contribution in [0, 0.1) is 5.92 Å². The zero-order chi connectivity index (χ0) is 10.5. The van der Waals surface area contributed by atoms with Gasteiger partial charge < -0.3 is 4.90 Å². The molecule has 0 radical (unpaired) electrons. The van der Waals surface area contributed by atoms with E-state index in [1.54, 1.807) is 0 Å². The summed E-state index contributed by atoms with van der Waals surface area (Å²) in [4.78, 5) is 2.76. The van der Waals surface area contributed by atoms with Crippen LogP contribution in [0.5, 0.6) is 0 Å². The van der Waals surface area contributed by atoms with Crippen LogP contribution in [0.2, 0.25) is 0 Å². The van der Waals surface area contributed by atoms with E-state index in [0.29, 0.717) is 0 Å². The van der Waals surface area contributed by atoms with Crippen LogP contribution in [-0.2, 0) is 0 Å². The van der Waals surface area contributed by atoms with Crippen molar-refractivity contribution < 1.29 is 0 Å². The highest BCUT2D eigenvalue weighted by Gasteiger charge is 2.22. The Morgan fingerprint density at radius 1 is 0.867 bits per heavy atom. The Bertz CT molecular complexity index is 170. The quantitative estimate of drug-likeness (QED) is 0.625. The van der Waals surface area contributed by atoms with Gasteiger partial charge in [0, 0.05) is 12.6 Å². The number of piperidine rings is 1. The molecule has 0 N–H and O–H groups in total. The Labute approximate surface area is 95.2 Å². The predicted octanol–water partition coefficient (Wildman–Crippen LogP) is 3.83. The molecule has 1 aliphatic heterocycles. The minimum Gasteiger partial charge on any atom is -0.300 e. The van der Waals surface area contributed by atoms with Crippen LogP contribution >= 0.6 is 0 Å². The average Bonchev–Trinajstić information content (AvgIpc) is 2.50. The van der Waals surface area contributed by atoms with E-state index in [0.717, 1.165) is 12.0 Å². The number of hydrogen-bond donors (Lipinski definition) is 0. The maximum atomic E-state index is 2.76. The van der Waals surface area contributed by atoms with E-state index in [2.05, 4.69) is 11.8 Å². The zero-order valence-corrected chi connectivity index (χ0v) is 10.4. The summed E-state index contributed by atoms with van der Waals surface area (Å²) >= 11 is 0. The molecule has 1 heteroatoms. The molecule has 0 aromatic carbocycles. The summed E-state index contributed by atoms with van der Waals surface area (Å²) in [6.07, 6.45) is 13.3. The topological polar surface area (TPSA) is 3.24 Å². The van der Waals surface area contributed by atoms with Crippen molar-refractivity contribution in [3.05, 3.63) is 0 Å². The Hall–Kier alpha value is -0.0400. The molecule has 1 atom stereocenters. The van der Waals surface area contributed by atoms with E-state index in [-0.39, 0.29) is 0 Å². The molecule has 0 aromatic heterocycles. The molecule has 1 unspecified atom stereocenters. The van der Waals surface area contributed by atoms with Crippen molar-refractivity contribution in [2.75, 3.05) is 13.1 Å². The van der Waals surface area contributed by atoms with Crippen LogP contribution < -0.4 is 0 Å². The lowest BCUT2D eigenvalue weighted by atomic mass is 9.96. The van der Waals surface area contributed by atoms with Gasteiger partial charge in [-0.25, -0.2) is 0 Å². The standard InChI is InChI=1S/C14H27N/c1-13-8-6-7-11-15(13)12-14-9-4-2-3-5-10-14/h13-14H,2-12H2,1H3. The summed E-state index contributed by atoms with van der Waals surface area (Å²) < 4.78 is 0. The molecule has 15 heavy (non-hydrogen) atoms. The first-order valence-corrected chi connectivity index (χ1v) is 7.10. The van der Waals surface area contributed by atoms with Gasteiger partial charge in [-0.05, 0) is 45.1 Å². The van der Waals surface area contributed by atoms with Gasteiger partial charge >= 0.3 is 0 Å². The largest absolute Gasteiger partial charge is 0.300 e. The summed E-state index contributed by atoms with van der Waals surface area (Å²) in [6.45, 7) is 5.20. The fourth-order valence-electron chi connectivity index (χ4n) is 3.31. The van der Waals surface area contributed by atoms with Crippen molar-refractivity contribution in [3.8, 4) is 0 Å². The van der Waals surface area contributed by atoms with Crippen molar-refractivity contribution in [1.82, 2.24) is 4.90 Å². The minimum absolute atomic E-state index is 0.863. The van der Waals surface area contributed by atoms with Crippen LogP contribution in [0.15, 0.2) is 0 Å². The Morgan fingerprint density at radius 2 is 1.53 bits per heavy atom. The second-order valence-electron chi connectivity index (χ2n) is 5.70. The van der Waals surface area contributed by atoms with Gasteiger partial charge in [0.1, 0.15) is 0 Å². The highest BCUT2D eigenvalue weighted by atomic mass is 15.2. The highest BCUT2D eigenvalue weighted by Crippen LogP contribution is 2.26. The summed E-state index contributed by atoms with van der Waals surface area (Å²) in [5.41, 5.74) is 0. The minimum atomic E-state index is 0.863. The van der Waals surface area contributed by atoms with E-state index in [9.17, 15) is 0 Å². The molecule has 0 spiro atoms. The van der Waals surface area contributed by atoms with Gasteiger partial charge in [-0.1, -0.05) is 32.1 Å². The van der Waals surface area contributed by atoms with Gasteiger partial charge in [0.05, 0.1) is 0 Å². The van der Waals surface area contributed by atoms with Crippen molar-refractivity contribution >= 4 is 0 Å². The van der Waals surface area contributed by atoms with Gasteiger partial charge in [0.2, 0.25) is 0 Å². The molecule has 2 aliphatic rings. The number of nitrogens with zero attached hydrogens (tertiary/aromatic N) is 1. The molecule has 1 nitrogen and oxygen atoms in total. The van der Waals surface area contributed by atoms with Gasteiger partial charge in [-0.3, -0.25) is 0 Å². The molecule has 0 bridgehead atoms. The second kappa shape index (κ2) is 5.89. The predicted molar refractivity (Wildman–Crippen MR) is 66.1 cm³/mol. The van der Waals surface area contributed by atoms with Crippen LogP contribution in [-0.4, -0.2) is 24.0 Å². The van der Waals surface area contributed by atoms with Crippen molar-refractivity contribution in [3.63, 3.8) is 0 Å². The Kier molecular flexibility index (Phi) is 4.49. The Balaban J connectivity index is 1.78. The first-order chi connectivity index (χ1) is 7.36. The molecule has 88 valence electrons. The average molecular weight is 209 g/mol. The summed E-state index contributed by atoms with van der Waals surface area (Å²) in [5, 5.41) is 0. The zero-order valence-electron chi connectivity index (χ0n) is 10.4. The third kappa shape index (κ3) is 3.48. The van der Waals surface area contributed by atoms with Gasteiger partial charge in [0.25, 0.3) is 0 Å². The van der Waals surface area contributed by atoms with Gasteiger partial charge in [0.15, 0.2) is 0 Å². The number of likely N-dealkylation sites (tertiary alicyclic amines) is 1. The van der Waals surface area contributed by atoms with Crippen LogP contribution in [0.3, 0.4) is 0 Å². The van der Waals surface area contributed by atoms with Crippen LogP contribution in [0.4, 0.5) is 0 Å². The first-order valence-electron chi connectivity index (χ1n) is 7.10. The van der Waals surface area contributed by atoms with Crippen LogP contribution in [0.1, 0.15) is 64.7 Å². The van der Waals surface area contributed by atoms with E-state index in [1.807, 2.05) is 0 Å². The maximum absolute atomic E-state index is 2.76. The van der Waals surface area contributed by atoms with E-state index in [4.69, 9.17) is 0 Å². The van der Waals surface area contributed by atoms with Crippen LogP contribution in [0.25, 0.3) is 0 Å². The van der Waals surface area contributed by atoms with E-state index < -0.39 is 0 Å². The maximum Gasteiger partial charge on any atom is 0.00670 e. The molecule has 1 saturated carbocycles. The summed E-state index contributed by atoms with van der Waals surface area (Å²) in [5.74, 6) is 1.02. The molecular formula is C14H27N. The van der Waals surface area contributed by atoms with Gasteiger partial charge in [-0.15, -0.1) is 0 Å². The SMILES string of the molecule is CC1CCCCN1CC1CCCCCC1. The first kappa shape index (κ1) is 11.4. The normalized spacial score (nSPS) is 31.4. The fourth-order valence-corrected chi connectivity index (χ4v) is 3.31. The second-order valence-corrected chi connectivity index (χ2v) is 5.70. The van der Waals surface area contributed by atoms with E-state index in [1.165, 1.54) is 70.9 Å². The summed E-state index contributed by atoms with van der Waals surface area (Å²) in [6, 6.07) is 0.863. The van der Waals surface area contributed by atoms with Gasteiger partial charge in [-0.2, -0.15) is 0 Å². The summed E-state index contributed by atoms with van der Waals surface area (Å²) in [7, 11) is 0. The molecule has 0 amide bonds. The molecule has 2 fully saturated rings. The molecule has 0 aromatic rings. The van der Waals surface area contributed by atoms with Crippen molar-refractivity contribution in [2.24, 2.45) is 5.92 Å². The highest BCUT2D eigenvalue weighted by molar-refractivity contribution is 4.76. The fraction of sp³-hybridized carbons (Fsp3) is 1.00. The third-order valence-electron chi connectivity index (χ3n) is 4.41. The third-order valence-corrected chi connectivity index (χ3v) is 4.41. The molecule has 1 heterocycles. The molecule has 1 saturated heterocycles. The number of rotatable bonds is 2. The monoisotopic (exact) mass is 209 g/mol. The number of hydrogen-bond acceptors (Lipinski definition) is 1.